The van der Waals surface area contributed by atoms with Crippen LogP contribution in [-0.4, -0.2) is 31.6 Å². The molecule has 3 aromatic rings. The zero-order valence-corrected chi connectivity index (χ0v) is 17.9. The molecule has 1 aliphatic heterocycles. The lowest BCUT2D eigenvalue weighted by Gasteiger charge is -2.20. The summed E-state index contributed by atoms with van der Waals surface area (Å²) in [7, 11) is 0. The zero-order valence-electron chi connectivity index (χ0n) is 14.7. The summed E-state index contributed by atoms with van der Waals surface area (Å²) in [5.41, 5.74) is 2.84. The summed E-state index contributed by atoms with van der Waals surface area (Å²) >= 11 is 6.77. The average Bonchev–Trinajstić information content (AvgIpc) is 3.31. The van der Waals surface area contributed by atoms with Crippen molar-refractivity contribution in [3.05, 3.63) is 58.0 Å². The molecule has 3 heterocycles. The summed E-state index contributed by atoms with van der Waals surface area (Å²) in [5.74, 6) is -0.828. The van der Waals surface area contributed by atoms with Crippen LogP contribution < -0.4 is 5.32 Å². The number of hydrogen-bond acceptors (Lipinski definition) is 5. The predicted molar refractivity (Wildman–Crippen MR) is 114 cm³/mol. The maximum Gasteiger partial charge on any atom is 0.322 e. The van der Waals surface area contributed by atoms with Crippen molar-refractivity contribution in [3.8, 4) is 16.3 Å². The number of nitrogens with one attached hydrogen (secondary N) is 1. The van der Waals surface area contributed by atoms with Gasteiger partial charge in [0, 0.05) is 16.5 Å². The van der Waals surface area contributed by atoms with E-state index in [1.807, 2.05) is 67.2 Å². The first-order valence-corrected chi connectivity index (χ1v) is 10.9. The minimum Gasteiger partial charge on any atom is -0.480 e. The number of aliphatic carboxylic acids is 1. The van der Waals surface area contributed by atoms with Crippen LogP contribution in [0.2, 0.25) is 0 Å². The Kier molecular flexibility index (Phi) is 4.92. The van der Waals surface area contributed by atoms with Crippen LogP contribution in [0.3, 0.4) is 0 Å². The van der Waals surface area contributed by atoms with Gasteiger partial charge in [-0.25, -0.2) is 4.68 Å². The molecule has 0 amide bonds. The molecule has 2 unspecified atom stereocenters. The molecule has 1 aliphatic rings. The monoisotopic (exact) mass is 463 g/mol. The van der Waals surface area contributed by atoms with E-state index in [1.165, 1.54) is 0 Å². The van der Waals surface area contributed by atoms with Gasteiger partial charge in [-0.1, -0.05) is 18.2 Å². The Bertz CT molecular complexity index is 984. The van der Waals surface area contributed by atoms with Crippen LogP contribution in [-0.2, 0) is 4.79 Å². The summed E-state index contributed by atoms with van der Waals surface area (Å²) < 4.78 is 2.48. The second-order valence-electron chi connectivity index (χ2n) is 6.86. The maximum absolute atomic E-state index is 11.7. The molecule has 5 nitrogen and oxygen atoms in total. The average molecular weight is 464 g/mol. The molecule has 1 fully saturated rings. The first-order valence-electron chi connectivity index (χ1n) is 8.42. The lowest BCUT2D eigenvalue weighted by Crippen LogP contribution is -2.43. The number of nitrogens with zero attached hydrogens (tertiary/aromatic N) is 2. The summed E-state index contributed by atoms with van der Waals surface area (Å²) in [6.07, 6.45) is 2.00. The summed E-state index contributed by atoms with van der Waals surface area (Å²) in [4.78, 5) is 12.7. The fourth-order valence-corrected chi connectivity index (χ4v) is 6.01. The second-order valence-corrected chi connectivity index (χ2v) is 11.1. The highest BCUT2D eigenvalue weighted by Crippen LogP contribution is 2.48. The van der Waals surface area contributed by atoms with Crippen LogP contribution in [0.1, 0.15) is 24.8 Å². The highest BCUT2D eigenvalue weighted by Gasteiger charge is 2.46. The van der Waals surface area contributed by atoms with Gasteiger partial charge in [0.05, 0.1) is 19.7 Å². The van der Waals surface area contributed by atoms with Crippen molar-refractivity contribution in [1.82, 2.24) is 15.1 Å². The number of thiophene rings is 1. The predicted octanol–water partition coefficient (Wildman–Crippen LogP) is 4.93. The van der Waals surface area contributed by atoms with Crippen molar-refractivity contribution in [2.24, 2.45) is 0 Å². The molecule has 0 spiro atoms. The molecule has 140 valence electrons. The first-order chi connectivity index (χ1) is 12.8. The molecular weight excluding hydrogens is 446 g/mol. The molecule has 2 N–H and O–H groups in total. The van der Waals surface area contributed by atoms with Crippen molar-refractivity contribution in [1.29, 1.82) is 0 Å². The van der Waals surface area contributed by atoms with Gasteiger partial charge in [0.25, 0.3) is 0 Å². The fraction of sp³-hybridized carbons (Fsp3) is 0.263. The van der Waals surface area contributed by atoms with Crippen LogP contribution >= 0.6 is 39.0 Å². The summed E-state index contributed by atoms with van der Waals surface area (Å²) in [6, 6.07) is 13.4. The van der Waals surface area contributed by atoms with Gasteiger partial charge in [-0.2, -0.15) is 5.10 Å². The lowest BCUT2D eigenvalue weighted by molar-refractivity contribution is -0.139. The number of carbonyl (C=O) groups is 1. The number of carboxylic acid groups (broad SMARTS) is 1. The number of rotatable bonds is 4. The van der Waals surface area contributed by atoms with Crippen molar-refractivity contribution < 1.29 is 9.90 Å². The molecule has 0 saturated carbocycles. The molecule has 2 aromatic heterocycles. The Hall–Kier alpha value is -1.61. The quantitative estimate of drug-likeness (QED) is 0.573. The van der Waals surface area contributed by atoms with E-state index in [-0.39, 0.29) is 5.37 Å². The molecule has 27 heavy (non-hydrogen) atoms. The number of aromatic nitrogens is 2. The molecule has 0 radical (unpaired) electrons. The van der Waals surface area contributed by atoms with E-state index >= 15 is 0 Å². The van der Waals surface area contributed by atoms with Crippen LogP contribution in [0, 0.1) is 0 Å². The second kappa shape index (κ2) is 7.09. The Balaban J connectivity index is 1.80. The molecule has 0 aliphatic carbocycles. The number of benzene rings is 1. The smallest absolute Gasteiger partial charge is 0.322 e. The minimum atomic E-state index is -0.828. The van der Waals surface area contributed by atoms with E-state index in [0.717, 1.165) is 25.6 Å². The molecule has 1 saturated heterocycles. The number of thioether (sulfide) groups is 1. The van der Waals surface area contributed by atoms with Gasteiger partial charge in [0.1, 0.15) is 11.7 Å². The van der Waals surface area contributed by atoms with E-state index in [4.69, 9.17) is 5.10 Å². The Morgan fingerprint density at radius 3 is 2.59 bits per heavy atom. The minimum absolute atomic E-state index is 0.144. The molecule has 0 bridgehead atoms. The van der Waals surface area contributed by atoms with Crippen molar-refractivity contribution in [3.63, 3.8) is 0 Å². The van der Waals surface area contributed by atoms with Crippen molar-refractivity contribution in [2.75, 3.05) is 0 Å². The summed E-state index contributed by atoms with van der Waals surface area (Å²) in [5, 5.41) is 17.6. The van der Waals surface area contributed by atoms with E-state index in [2.05, 4.69) is 21.2 Å². The Labute approximate surface area is 173 Å². The van der Waals surface area contributed by atoms with Crippen LogP contribution in [0.25, 0.3) is 16.3 Å². The first kappa shape index (κ1) is 18.7. The van der Waals surface area contributed by atoms with Crippen LogP contribution in [0.5, 0.6) is 0 Å². The number of hydrogen-bond donors (Lipinski definition) is 2. The van der Waals surface area contributed by atoms with Gasteiger partial charge in [-0.15, -0.1) is 23.1 Å². The SMILES string of the molecule is CC1(C)SC(c2cn(-c3ccccc3)nc2-c2ccc(Br)s2)NC1C(=O)O. The Morgan fingerprint density at radius 2 is 2.00 bits per heavy atom. The molecule has 2 atom stereocenters. The standard InChI is InChI=1S/C19H18BrN3O2S2/c1-19(2)16(18(24)25)21-17(27-19)12-10-23(11-6-4-3-5-7-11)22-15(12)13-8-9-14(20)26-13/h3-10,16-17,21H,1-2H3,(H,24,25). The number of para-hydroxylation sites is 1. The third kappa shape index (κ3) is 3.59. The maximum atomic E-state index is 11.7. The third-order valence-electron chi connectivity index (χ3n) is 4.53. The van der Waals surface area contributed by atoms with Crippen LogP contribution in [0.15, 0.2) is 52.4 Å². The number of halogens is 1. The number of carboxylic acids is 1. The normalized spacial score (nSPS) is 21.4. The van der Waals surface area contributed by atoms with Gasteiger partial charge in [0.15, 0.2) is 0 Å². The third-order valence-corrected chi connectivity index (χ3v) is 7.63. The fourth-order valence-electron chi connectivity index (χ4n) is 3.20. The van der Waals surface area contributed by atoms with E-state index < -0.39 is 16.8 Å². The Morgan fingerprint density at radius 1 is 1.26 bits per heavy atom. The molecule has 1 aromatic carbocycles. The van der Waals surface area contributed by atoms with E-state index in [1.54, 1.807) is 23.1 Å². The summed E-state index contributed by atoms with van der Waals surface area (Å²) in [6.45, 7) is 3.93. The van der Waals surface area contributed by atoms with E-state index in [0.29, 0.717) is 0 Å². The van der Waals surface area contributed by atoms with E-state index in [9.17, 15) is 9.90 Å². The van der Waals surface area contributed by atoms with Gasteiger partial charge in [-0.3, -0.25) is 10.1 Å². The largest absolute Gasteiger partial charge is 0.480 e. The molecule has 8 heteroatoms. The highest BCUT2D eigenvalue weighted by molar-refractivity contribution is 9.11. The lowest BCUT2D eigenvalue weighted by atomic mass is 10.0. The van der Waals surface area contributed by atoms with Gasteiger partial charge in [-0.05, 0) is 54.0 Å². The molecule has 4 rings (SSSR count). The van der Waals surface area contributed by atoms with Crippen LogP contribution in [0.4, 0.5) is 0 Å². The van der Waals surface area contributed by atoms with Crippen molar-refractivity contribution in [2.45, 2.75) is 30.0 Å². The van der Waals surface area contributed by atoms with Gasteiger partial charge in [0.2, 0.25) is 0 Å². The topological polar surface area (TPSA) is 67.2 Å². The highest BCUT2D eigenvalue weighted by atomic mass is 79.9. The van der Waals surface area contributed by atoms with Gasteiger partial charge < -0.3 is 5.11 Å². The van der Waals surface area contributed by atoms with Crippen molar-refractivity contribution >= 4 is 45.0 Å². The zero-order chi connectivity index (χ0) is 19.2. The van der Waals surface area contributed by atoms with Gasteiger partial charge >= 0.3 is 5.97 Å². The molecular formula is C19H18BrN3O2S2.